The highest BCUT2D eigenvalue weighted by molar-refractivity contribution is 6.10. The summed E-state index contributed by atoms with van der Waals surface area (Å²) < 4.78 is 30.6. The van der Waals surface area contributed by atoms with Crippen molar-refractivity contribution in [2.75, 3.05) is 52.5 Å². The average Bonchev–Trinajstić information content (AvgIpc) is 3.49. The minimum atomic E-state index is -0.944. The minimum absolute atomic E-state index is 0.0222. The molecule has 6 aromatic rings. The van der Waals surface area contributed by atoms with Crippen LogP contribution in [0.1, 0.15) is 47.2 Å². The second-order valence-corrected chi connectivity index (χ2v) is 15.0. The second-order valence-electron chi connectivity index (χ2n) is 15.0. The molecular formula is C48H45NO6. The third-order valence-corrected chi connectivity index (χ3v) is 11.8. The first-order valence-corrected chi connectivity index (χ1v) is 18.9. The zero-order valence-electron chi connectivity index (χ0n) is 31.9. The number of rotatable bonds is 8. The van der Waals surface area contributed by atoms with Gasteiger partial charge in [0.15, 0.2) is 17.1 Å². The van der Waals surface area contributed by atoms with Crippen LogP contribution >= 0.6 is 0 Å². The molecule has 7 heteroatoms. The number of benzene rings is 6. The van der Waals surface area contributed by atoms with Crippen molar-refractivity contribution in [3.63, 3.8) is 0 Å². The van der Waals surface area contributed by atoms with E-state index in [0.717, 1.165) is 82.0 Å². The molecule has 2 aliphatic heterocycles. The topological polar surface area (TPSA) is 69.6 Å². The molecule has 278 valence electrons. The van der Waals surface area contributed by atoms with Gasteiger partial charge in [-0.2, -0.15) is 0 Å². The molecule has 0 bridgehead atoms. The number of methoxy groups -OCH3 is 3. The third kappa shape index (κ3) is 5.56. The van der Waals surface area contributed by atoms with E-state index in [-0.39, 0.29) is 12.0 Å². The molecule has 1 saturated heterocycles. The summed E-state index contributed by atoms with van der Waals surface area (Å²) in [6.07, 6.45) is 4.50. The molecule has 0 amide bonds. The highest BCUT2D eigenvalue weighted by Crippen LogP contribution is 2.59. The highest BCUT2D eigenvalue weighted by Gasteiger charge is 2.45. The van der Waals surface area contributed by atoms with Crippen LogP contribution in [-0.4, -0.2) is 52.7 Å². The molecule has 0 spiro atoms. The average molecular weight is 732 g/mol. The van der Waals surface area contributed by atoms with Crippen LogP contribution in [0.4, 0.5) is 5.69 Å². The van der Waals surface area contributed by atoms with E-state index in [1.807, 2.05) is 24.3 Å². The van der Waals surface area contributed by atoms with Crippen molar-refractivity contribution in [1.29, 1.82) is 0 Å². The second kappa shape index (κ2) is 13.5. The number of nitrogens with zero attached hydrogens (tertiary/aromatic N) is 1. The number of hydrogen-bond acceptors (Lipinski definition) is 7. The standard InChI is InChI=1S/C48H45NO6/c1-47(2)41-26-32(31-8-6-30(29-50)7-9-31)10-19-37(41)44-39-27-42(52-4)43(53-5)28-40(39)46-38(45(44)47)20-21-48(55-46,34-13-17-36(51-3)18-14-34)33-11-15-35(16-12-33)49-22-24-54-25-23-49/h6-21,26-28,50H,22-25,29H2,1-5H3. The lowest BCUT2D eigenvalue weighted by molar-refractivity contribution is 0.122. The van der Waals surface area contributed by atoms with E-state index in [1.54, 1.807) is 21.3 Å². The number of aliphatic hydroxyl groups is 1. The fourth-order valence-electron chi connectivity index (χ4n) is 8.85. The van der Waals surface area contributed by atoms with E-state index in [4.69, 9.17) is 23.7 Å². The summed E-state index contributed by atoms with van der Waals surface area (Å²) in [6.45, 7) is 7.83. The zero-order chi connectivity index (χ0) is 37.9. The van der Waals surface area contributed by atoms with Gasteiger partial charge in [-0.3, -0.25) is 0 Å². The first-order valence-electron chi connectivity index (χ1n) is 18.9. The fraction of sp³-hybridized carbons (Fsp3) is 0.250. The largest absolute Gasteiger partial charge is 0.497 e. The number of fused-ring (bicyclic) bond motifs is 8. The molecule has 9 rings (SSSR count). The summed E-state index contributed by atoms with van der Waals surface area (Å²) in [6, 6.07) is 36.0. The van der Waals surface area contributed by atoms with E-state index in [9.17, 15) is 5.11 Å². The number of morpholine rings is 1. The van der Waals surface area contributed by atoms with E-state index in [2.05, 4.69) is 110 Å². The van der Waals surface area contributed by atoms with Crippen LogP contribution in [0.25, 0.3) is 39.1 Å². The van der Waals surface area contributed by atoms with Crippen LogP contribution < -0.4 is 23.8 Å². The summed E-state index contributed by atoms with van der Waals surface area (Å²) in [5, 5.41) is 11.6. The van der Waals surface area contributed by atoms with Crippen molar-refractivity contribution in [2.24, 2.45) is 0 Å². The summed E-state index contributed by atoms with van der Waals surface area (Å²) in [5.41, 5.74) is 10.9. The fourth-order valence-corrected chi connectivity index (χ4v) is 8.85. The summed E-state index contributed by atoms with van der Waals surface area (Å²) in [5.74, 6) is 2.88. The van der Waals surface area contributed by atoms with Crippen LogP contribution in [0.15, 0.2) is 109 Å². The number of hydrogen-bond donors (Lipinski definition) is 1. The van der Waals surface area contributed by atoms with Crippen LogP contribution in [0.3, 0.4) is 0 Å². The van der Waals surface area contributed by atoms with Gasteiger partial charge in [0.25, 0.3) is 0 Å². The maximum atomic E-state index is 9.65. The molecule has 0 aromatic heterocycles. The molecule has 7 nitrogen and oxygen atoms in total. The lowest BCUT2D eigenvalue weighted by Gasteiger charge is -2.39. The molecule has 1 aliphatic carbocycles. The van der Waals surface area contributed by atoms with Gasteiger partial charge in [-0.05, 0) is 92.9 Å². The summed E-state index contributed by atoms with van der Waals surface area (Å²) >= 11 is 0. The van der Waals surface area contributed by atoms with E-state index in [0.29, 0.717) is 11.5 Å². The number of aliphatic hydroxyl groups excluding tert-OH is 1. The van der Waals surface area contributed by atoms with Crippen molar-refractivity contribution < 1.29 is 28.8 Å². The van der Waals surface area contributed by atoms with Crippen LogP contribution in [0.2, 0.25) is 0 Å². The van der Waals surface area contributed by atoms with Crippen molar-refractivity contribution in [2.45, 2.75) is 31.5 Å². The smallest absolute Gasteiger partial charge is 0.178 e. The van der Waals surface area contributed by atoms with Crippen molar-refractivity contribution in [1.82, 2.24) is 0 Å². The molecule has 55 heavy (non-hydrogen) atoms. The van der Waals surface area contributed by atoms with Gasteiger partial charge in [0.1, 0.15) is 11.5 Å². The van der Waals surface area contributed by atoms with Gasteiger partial charge in [-0.1, -0.05) is 80.6 Å². The molecule has 1 fully saturated rings. The highest BCUT2D eigenvalue weighted by atomic mass is 16.5. The molecule has 1 N–H and O–H groups in total. The lowest BCUT2D eigenvalue weighted by Crippen LogP contribution is -2.37. The third-order valence-electron chi connectivity index (χ3n) is 11.8. The van der Waals surface area contributed by atoms with Crippen LogP contribution in [0, 0.1) is 0 Å². The molecule has 6 aromatic carbocycles. The quantitative estimate of drug-likeness (QED) is 0.167. The van der Waals surface area contributed by atoms with Gasteiger partial charge >= 0.3 is 0 Å². The zero-order valence-corrected chi connectivity index (χ0v) is 31.9. The Morgan fingerprint density at radius 1 is 0.709 bits per heavy atom. The van der Waals surface area contributed by atoms with Gasteiger partial charge in [0.2, 0.25) is 0 Å². The Balaban J connectivity index is 1.26. The molecule has 1 atom stereocenters. The Morgan fingerprint density at radius 3 is 1.98 bits per heavy atom. The maximum Gasteiger partial charge on any atom is 0.178 e. The van der Waals surface area contributed by atoms with Gasteiger partial charge in [0, 0.05) is 46.3 Å². The van der Waals surface area contributed by atoms with Crippen molar-refractivity contribution in [3.8, 4) is 45.3 Å². The van der Waals surface area contributed by atoms with Gasteiger partial charge < -0.3 is 33.7 Å². The molecule has 2 heterocycles. The van der Waals surface area contributed by atoms with Gasteiger partial charge in [-0.15, -0.1) is 0 Å². The predicted molar refractivity (Wildman–Crippen MR) is 219 cm³/mol. The Bertz CT molecular complexity index is 2440. The van der Waals surface area contributed by atoms with Gasteiger partial charge in [-0.25, -0.2) is 0 Å². The summed E-state index contributed by atoms with van der Waals surface area (Å²) in [4.78, 5) is 2.37. The van der Waals surface area contributed by atoms with Crippen LogP contribution in [-0.2, 0) is 22.4 Å². The first kappa shape index (κ1) is 35.0. The lowest BCUT2D eigenvalue weighted by atomic mass is 9.76. The van der Waals surface area contributed by atoms with E-state index in [1.165, 1.54) is 27.9 Å². The van der Waals surface area contributed by atoms with E-state index < -0.39 is 5.60 Å². The Hall–Kier alpha value is -5.76. The number of anilines is 1. The molecule has 0 radical (unpaired) electrons. The van der Waals surface area contributed by atoms with Crippen LogP contribution in [0.5, 0.6) is 23.0 Å². The first-order chi connectivity index (χ1) is 26.8. The van der Waals surface area contributed by atoms with Crippen molar-refractivity contribution >= 4 is 22.5 Å². The van der Waals surface area contributed by atoms with E-state index >= 15 is 0 Å². The molecule has 0 saturated carbocycles. The number of ether oxygens (including phenoxy) is 5. The molecule has 1 unspecified atom stereocenters. The monoisotopic (exact) mass is 731 g/mol. The molecule has 3 aliphatic rings. The predicted octanol–water partition coefficient (Wildman–Crippen LogP) is 9.52. The summed E-state index contributed by atoms with van der Waals surface area (Å²) in [7, 11) is 5.05. The molecular weight excluding hydrogens is 687 g/mol. The maximum absolute atomic E-state index is 9.65. The van der Waals surface area contributed by atoms with Crippen molar-refractivity contribution in [3.05, 3.63) is 143 Å². The SMILES string of the molecule is COc1ccc(C2(c3ccc(N4CCOCC4)cc3)C=Cc3c4c(c5cc(OC)c(OC)cc5c3O2)-c2ccc(-c3ccc(CO)cc3)cc2C4(C)C)cc1. The Morgan fingerprint density at radius 2 is 1.35 bits per heavy atom. The van der Waals surface area contributed by atoms with Gasteiger partial charge in [0.05, 0.1) is 41.2 Å². The normalized spacial score (nSPS) is 18.0. The Labute approximate surface area is 322 Å². The minimum Gasteiger partial charge on any atom is -0.497 e. The Kier molecular flexibility index (Phi) is 8.60.